The van der Waals surface area contributed by atoms with Crippen LogP contribution in [0.25, 0.3) is 11.3 Å². The Morgan fingerprint density at radius 1 is 1.17 bits per heavy atom. The number of carbonyl (C=O) groups excluding carboxylic acids is 1. The van der Waals surface area contributed by atoms with Gasteiger partial charge in [-0.05, 0) is 12.3 Å². The lowest BCUT2D eigenvalue weighted by molar-refractivity contribution is -0.114. The van der Waals surface area contributed by atoms with Crippen LogP contribution in [0.2, 0.25) is 0 Å². The van der Waals surface area contributed by atoms with E-state index >= 15 is 0 Å². The molecule has 1 aromatic heterocycles. The lowest BCUT2D eigenvalue weighted by Crippen LogP contribution is -2.16. The molecule has 0 aliphatic heterocycles. The van der Waals surface area contributed by atoms with Crippen molar-refractivity contribution in [2.45, 2.75) is 45.4 Å². The normalized spacial score (nSPS) is 15.3. The van der Waals surface area contributed by atoms with Crippen molar-refractivity contribution in [1.82, 2.24) is 9.97 Å². The Balaban J connectivity index is 1.89. The molecule has 1 saturated carbocycles. The molecule has 1 aliphatic rings. The molecule has 1 N–H and O–H groups in total. The van der Waals surface area contributed by atoms with Gasteiger partial charge in [0, 0.05) is 12.5 Å². The molecule has 0 bridgehead atoms. The predicted octanol–water partition coefficient (Wildman–Crippen LogP) is 4.22. The van der Waals surface area contributed by atoms with E-state index in [2.05, 4.69) is 10.3 Å². The van der Waals surface area contributed by atoms with Gasteiger partial charge in [0.15, 0.2) is 5.82 Å². The third-order valence-electron chi connectivity index (χ3n) is 4.42. The second-order valence-electron chi connectivity index (χ2n) is 6.31. The third kappa shape index (κ3) is 4.15. The van der Waals surface area contributed by atoms with Crippen LogP contribution in [-0.4, -0.2) is 15.9 Å². The van der Waals surface area contributed by atoms with Crippen LogP contribution in [0.1, 0.15) is 44.7 Å². The number of nitrogens with zero attached hydrogens (tertiary/aromatic N) is 2. The molecule has 1 aromatic carbocycles. The zero-order valence-corrected chi connectivity index (χ0v) is 13.6. The molecule has 1 aliphatic carbocycles. The molecule has 0 saturated heterocycles. The zero-order chi connectivity index (χ0) is 16.1. The van der Waals surface area contributed by atoms with Gasteiger partial charge in [-0.25, -0.2) is 9.97 Å². The van der Waals surface area contributed by atoms with E-state index in [1.54, 1.807) is 6.20 Å². The van der Waals surface area contributed by atoms with Gasteiger partial charge >= 0.3 is 0 Å². The summed E-state index contributed by atoms with van der Waals surface area (Å²) < 4.78 is 0. The number of benzene rings is 1. The fourth-order valence-electron chi connectivity index (χ4n) is 3.25. The molecule has 1 amide bonds. The Morgan fingerprint density at radius 3 is 2.61 bits per heavy atom. The van der Waals surface area contributed by atoms with Gasteiger partial charge in [0.2, 0.25) is 5.91 Å². The topological polar surface area (TPSA) is 54.9 Å². The molecule has 3 rings (SSSR count). The number of carbonyl (C=O) groups is 1. The molecular weight excluding hydrogens is 286 g/mol. The molecule has 1 fully saturated rings. The second kappa shape index (κ2) is 7.36. The first-order chi connectivity index (χ1) is 11.2. The lowest BCUT2D eigenvalue weighted by Gasteiger charge is -2.22. The zero-order valence-electron chi connectivity index (χ0n) is 13.6. The molecule has 0 radical (unpaired) electrons. The van der Waals surface area contributed by atoms with E-state index in [1.165, 1.54) is 39.0 Å². The Labute approximate surface area is 137 Å². The fraction of sp³-hybridized carbons (Fsp3) is 0.421. The van der Waals surface area contributed by atoms with Crippen molar-refractivity contribution in [3.63, 3.8) is 0 Å². The summed E-state index contributed by atoms with van der Waals surface area (Å²) in [5, 5.41) is 2.83. The minimum Gasteiger partial charge on any atom is -0.309 e. The fourth-order valence-corrected chi connectivity index (χ4v) is 3.25. The van der Waals surface area contributed by atoms with Gasteiger partial charge in [-0.15, -0.1) is 0 Å². The first-order valence-corrected chi connectivity index (χ1v) is 8.41. The van der Waals surface area contributed by atoms with E-state index in [9.17, 15) is 4.79 Å². The maximum atomic E-state index is 11.4. The number of nitrogens with one attached hydrogen (secondary N) is 1. The highest BCUT2D eigenvalue weighted by molar-refractivity contribution is 5.88. The van der Waals surface area contributed by atoms with E-state index in [0.29, 0.717) is 11.7 Å². The summed E-state index contributed by atoms with van der Waals surface area (Å²) in [6.07, 6.45) is 9.06. The average Bonchev–Trinajstić information content (AvgIpc) is 2.58. The van der Waals surface area contributed by atoms with Crippen molar-refractivity contribution in [2.24, 2.45) is 5.92 Å². The van der Waals surface area contributed by atoms with Gasteiger partial charge in [-0.2, -0.15) is 0 Å². The summed E-state index contributed by atoms with van der Waals surface area (Å²) >= 11 is 0. The standard InChI is InChI=1S/C19H23N3O/c1-14(23)21-19-17(12-15-8-4-2-5-9-15)22-18(13-20-19)16-10-6-3-7-11-16/h3,6-7,10-11,13,15H,2,4-5,8-9,12H2,1H3,(H,20,21,23). The van der Waals surface area contributed by atoms with Gasteiger partial charge in [-0.3, -0.25) is 4.79 Å². The Morgan fingerprint density at radius 2 is 1.91 bits per heavy atom. The predicted molar refractivity (Wildman–Crippen MR) is 92.1 cm³/mol. The van der Waals surface area contributed by atoms with Gasteiger partial charge in [-0.1, -0.05) is 62.4 Å². The summed E-state index contributed by atoms with van der Waals surface area (Å²) in [6, 6.07) is 10.1. The molecule has 0 atom stereocenters. The van der Waals surface area contributed by atoms with Crippen LogP contribution >= 0.6 is 0 Å². The molecule has 120 valence electrons. The van der Waals surface area contributed by atoms with E-state index < -0.39 is 0 Å². The van der Waals surface area contributed by atoms with Crippen LogP contribution in [0.15, 0.2) is 36.5 Å². The van der Waals surface area contributed by atoms with Gasteiger partial charge in [0.25, 0.3) is 0 Å². The molecule has 1 heterocycles. The Bertz CT molecular complexity index is 664. The van der Waals surface area contributed by atoms with Crippen LogP contribution in [-0.2, 0) is 11.2 Å². The van der Waals surface area contributed by atoms with Gasteiger partial charge < -0.3 is 5.32 Å². The SMILES string of the molecule is CC(=O)Nc1ncc(-c2ccccc2)nc1CC1CCCCC1. The summed E-state index contributed by atoms with van der Waals surface area (Å²) in [4.78, 5) is 20.7. The van der Waals surface area contributed by atoms with Crippen molar-refractivity contribution < 1.29 is 4.79 Å². The minimum absolute atomic E-state index is 0.100. The summed E-state index contributed by atoms with van der Waals surface area (Å²) in [6.45, 7) is 1.51. The molecule has 4 nitrogen and oxygen atoms in total. The second-order valence-corrected chi connectivity index (χ2v) is 6.31. The quantitative estimate of drug-likeness (QED) is 0.919. The number of rotatable bonds is 4. The largest absolute Gasteiger partial charge is 0.309 e. The van der Waals surface area contributed by atoms with Gasteiger partial charge in [0.1, 0.15) is 0 Å². The summed E-state index contributed by atoms with van der Waals surface area (Å²) in [5.74, 6) is 1.16. The van der Waals surface area contributed by atoms with Crippen LogP contribution in [0.3, 0.4) is 0 Å². The Kier molecular flexibility index (Phi) is 5.01. The molecular formula is C19H23N3O. The average molecular weight is 309 g/mol. The maximum absolute atomic E-state index is 11.4. The number of hydrogen-bond acceptors (Lipinski definition) is 3. The van der Waals surface area contributed by atoms with E-state index in [-0.39, 0.29) is 5.91 Å². The minimum atomic E-state index is -0.100. The summed E-state index contributed by atoms with van der Waals surface area (Å²) in [5.41, 5.74) is 2.83. The number of hydrogen-bond donors (Lipinski definition) is 1. The van der Waals surface area contributed by atoms with Crippen LogP contribution in [0.4, 0.5) is 5.82 Å². The first kappa shape index (κ1) is 15.7. The monoisotopic (exact) mass is 309 g/mol. The van der Waals surface area contributed by atoms with E-state index in [0.717, 1.165) is 23.4 Å². The third-order valence-corrected chi connectivity index (χ3v) is 4.42. The van der Waals surface area contributed by atoms with Crippen molar-refractivity contribution >= 4 is 11.7 Å². The van der Waals surface area contributed by atoms with E-state index in [1.807, 2.05) is 30.3 Å². The smallest absolute Gasteiger partial charge is 0.222 e. The van der Waals surface area contributed by atoms with Gasteiger partial charge in [0.05, 0.1) is 17.6 Å². The molecule has 2 aromatic rings. The molecule has 23 heavy (non-hydrogen) atoms. The number of amides is 1. The Hall–Kier alpha value is -2.23. The van der Waals surface area contributed by atoms with Crippen molar-refractivity contribution in [1.29, 1.82) is 0 Å². The highest BCUT2D eigenvalue weighted by atomic mass is 16.1. The van der Waals surface area contributed by atoms with Crippen molar-refractivity contribution in [3.8, 4) is 11.3 Å². The molecule has 4 heteroatoms. The van der Waals surface area contributed by atoms with E-state index in [4.69, 9.17) is 4.98 Å². The van der Waals surface area contributed by atoms with Crippen LogP contribution < -0.4 is 5.32 Å². The highest BCUT2D eigenvalue weighted by Gasteiger charge is 2.18. The van der Waals surface area contributed by atoms with Crippen LogP contribution in [0.5, 0.6) is 0 Å². The molecule has 0 spiro atoms. The maximum Gasteiger partial charge on any atom is 0.222 e. The highest BCUT2D eigenvalue weighted by Crippen LogP contribution is 2.29. The van der Waals surface area contributed by atoms with Crippen molar-refractivity contribution in [2.75, 3.05) is 5.32 Å². The van der Waals surface area contributed by atoms with Crippen molar-refractivity contribution in [3.05, 3.63) is 42.2 Å². The number of anilines is 1. The molecule has 0 unspecified atom stereocenters. The van der Waals surface area contributed by atoms with Crippen LogP contribution in [0, 0.1) is 5.92 Å². The first-order valence-electron chi connectivity index (χ1n) is 8.41. The summed E-state index contributed by atoms with van der Waals surface area (Å²) in [7, 11) is 0. The number of aromatic nitrogens is 2. The lowest BCUT2D eigenvalue weighted by atomic mass is 9.86.